The van der Waals surface area contributed by atoms with E-state index in [4.69, 9.17) is 21.8 Å². The van der Waals surface area contributed by atoms with E-state index in [1.54, 1.807) is 0 Å². The Balaban J connectivity index is 2.78. The molecule has 0 saturated carbocycles. The van der Waals surface area contributed by atoms with Gasteiger partial charge in [-0.3, -0.25) is 9.59 Å². The molecule has 1 aromatic rings. The fourth-order valence-electron chi connectivity index (χ4n) is 1.36. The zero-order valence-corrected chi connectivity index (χ0v) is 11.7. The van der Waals surface area contributed by atoms with Crippen LogP contribution in [0.15, 0.2) is 29.2 Å². The van der Waals surface area contributed by atoms with Crippen LogP contribution in [-0.2, 0) is 19.6 Å². The zero-order valence-electron chi connectivity index (χ0n) is 10.1. The number of hydrogen-bond acceptors (Lipinski definition) is 4. The summed E-state index contributed by atoms with van der Waals surface area (Å²) in [5.41, 5.74) is 0. The number of aliphatic carboxylic acids is 2. The summed E-state index contributed by atoms with van der Waals surface area (Å²) in [4.78, 5) is 21.2. The van der Waals surface area contributed by atoms with Crippen molar-refractivity contribution in [3.8, 4) is 0 Å². The molecule has 1 rings (SSSR count). The minimum absolute atomic E-state index is 0.0821. The van der Waals surface area contributed by atoms with Crippen LogP contribution in [0.5, 0.6) is 0 Å². The van der Waals surface area contributed by atoms with Gasteiger partial charge in [0.15, 0.2) is 0 Å². The van der Waals surface area contributed by atoms with E-state index in [9.17, 15) is 18.0 Å². The first-order valence-corrected chi connectivity index (χ1v) is 7.28. The minimum atomic E-state index is -3.91. The molecular weight excluding hydrogens is 310 g/mol. The molecule has 7 nitrogen and oxygen atoms in total. The largest absolute Gasteiger partial charge is 0.481 e. The van der Waals surface area contributed by atoms with Gasteiger partial charge in [-0.05, 0) is 24.3 Å². The molecule has 9 heteroatoms. The summed E-state index contributed by atoms with van der Waals surface area (Å²) in [5, 5.41) is 17.7. The number of rotatable bonds is 7. The van der Waals surface area contributed by atoms with Gasteiger partial charge in [-0.15, -0.1) is 0 Å². The van der Waals surface area contributed by atoms with E-state index in [-0.39, 0.29) is 4.90 Å². The molecule has 0 bridgehead atoms. The highest BCUT2D eigenvalue weighted by Crippen LogP contribution is 2.14. The lowest BCUT2D eigenvalue weighted by atomic mass is 10.1. The molecular formula is C11H12ClNO6S. The summed E-state index contributed by atoms with van der Waals surface area (Å²) in [6.07, 6.45) is -0.668. The molecule has 1 atom stereocenters. The average Bonchev–Trinajstić information content (AvgIpc) is 2.34. The van der Waals surface area contributed by atoms with E-state index in [0.717, 1.165) is 0 Å². The first kappa shape index (κ1) is 16.4. The number of carbonyl (C=O) groups is 2. The lowest BCUT2D eigenvalue weighted by Crippen LogP contribution is -2.34. The van der Waals surface area contributed by atoms with Gasteiger partial charge in [0.2, 0.25) is 10.0 Å². The third-order valence-corrected chi connectivity index (χ3v) is 4.11. The summed E-state index contributed by atoms with van der Waals surface area (Å²) in [6, 6.07) is 5.28. The number of carboxylic acid groups (broad SMARTS) is 2. The van der Waals surface area contributed by atoms with Crippen molar-refractivity contribution in [3.05, 3.63) is 29.3 Å². The minimum Gasteiger partial charge on any atom is -0.481 e. The van der Waals surface area contributed by atoms with Crippen molar-refractivity contribution < 1.29 is 28.2 Å². The van der Waals surface area contributed by atoms with Gasteiger partial charge in [0, 0.05) is 11.6 Å². The van der Waals surface area contributed by atoms with Crippen molar-refractivity contribution in [3.63, 3.8) is 0 Å². The Morgan fingerprint density at radius 2 is 1.75 bits per heavy atom. The van der Waals surface area contributed by atoms with Crippen LogP contribution in [0.3, 0.4) is 0 Å². The molecule has 0 aromatic heterocycles. The molecule has 1 unspecified atom stereocenters. The second kappa shape index (κ2) is 6.69. The molecule has 0 amide bonds. The number of halogens is 1. The Bertz CT molecular complexity index is 598. The Morgan fingerprint density at radius 3 is 2.20 bits per heavy atom. The Kier molecular flexibility index (Phi) is 5.49. The van der Waals surface area contributed by atoms with E-state index >= 15 is 0 Å². The number of benzene rings is 1. The molecule has 0 fully saturated rings. The van der Waals surface area contributed by atoms with Gasteiger partial charge < -0.3 is 10.2 Å². The summed E-state index contributed by atoms with van der Waals surface area (Å²) < 4.78 is 25.8. The summed E-state index contributed by atoms with van der Waals surface area (Å²) >= 11 is 5.63. The zero-order chi connectivity index (χ0) is 15.3. The highest BCUT2D eigenvalue weighted by atomic mass is 35.5. The molecule has 0 heterocycles. The number of carboxylic acids is 2. The van der Waals surface area contributed by atoms with Crippen molar-refractivity contribution in [1.82, 2.24) is 4.72 Å². The fraction of sp³-hybridized carbons (Fsp3) is 0.273. The molecule has 0 saturated heterocycles. The monoisotopic (exact) mass is 321 g/mol. The van der Waals surface area contributed by atoms with Crippen LogP contribution >= 0.6 is 11.6 Å². The van der Waals surface area contributed by atoms with Gasteiger partial charge in [-0.2, -0.15) is 0 Å². The maximum absolute atomic E-state index is 11.9. The number of sulfonamides is 1. The number of hydrogen-bond donors (Lipinski definition) is 3. The molecule has 3 N–H and O–H groups in total. The molecule has 20 heavy (non-hydrogen) atoms. The summed E-state index contributed by atoms with van der Waals surface area (Å²) in [6.45, 7) is -0.507. The molecule has 0 aliphatic heterocycles. The van der Waals surface area contributed by atoms with Gasteiger partial charge in [0.25, 0.3) is 0 Å². The standard InChI is InChI=1S/C11H12ClNO6S/c12-8-1-3-9(4-2-8)20(18,19)13-6-7(11(16)17)5-10(14)15/h1-4,7,13H,5-6H2,(H,14,15)(H,16,17). The number of nitrogens with one attached hydrogen (secondary N) is 1. The van der Waals surface area contributed by atoms with Crippen LogP contribution in [0, 0.1) is 5.92 Å². The SMILES string of the molecule is O=C(O)CC(CNS(=O)(=O)c1ccc(Cl)cc1)C(=O)O. The maximum atomic E-state index is 11.9. The summed E-state index contributed by atoms with van der Waals surface area (Å²) in [7, 11) is -3.91. The third-order valence-electron chi connectivity index (χ3n) is 2.41. The molecule has 0 aliphatic carbocycles. The molecule has 110 valence electrons. The normalized spacial score (nSPS) is 12.8. The van der Waals surface area contributed by atoms with Gasteiger partial charge in [0.05, 0.1) is 17.2 Å². The van der Waals surface area contributed by atoms with Gasteiger partial charge in [-0.1, -0.05) is 11.6 Å². The van der Waals surface area contributed by atoms with Crippen LogP contribution in [-0.4, -0.2) is 37.1 Å². The first-order valence-electron chi connectivity index (χ1n) is 5.42. The third kappa shape index (κ3) is 4.80. The van der Waals surface area contributed by atoms with Crippen LogP contribution < -0.4 is 4.72 Å². The Hall–Kier alpha value is -1.64. The molecule has 1 aromatic carbocycles. The topological polar surface area (TPSA) is 121 Å². The second-order valence-corrected chi connectivity index (χ2v) is 6.14. The lowest BCUT2D eigenvalue weighted by molar-refractivity contribution is -0.147. The first-order chi connectivity index (χ1) is 9.22. The quantitative estimate of drug-likeness (QED) is 0.683. The predicted molar refractivity (Wildman–Crippen MR) is 70.0 cm³/mol. The van der Waals surface area contributed by atoms with Crippen LogP contribution in [0.4, 0.5) is 0 Å². The predicted octanol–water partition coefficient (Wildman–Crippen LogP) is 0.794. The molecule has 0 radical (unpaired) electrons. The van der Waals surface area contributed by atoms with Gasteiger partial charge in [-0.25, -0.2) is 13.1 Å². The fourth-order valence-corrected chi connectivity index (χ4v) is 2.57. The van der Waals surface area contributed by atoms with Crippen molar-refractivity contribution in [2.24, 2.45) is 5.92 Å². The van der Waals surface area contributed by atoms with Crippen LogP contribution in [0.25, 0.3) is 0 Å². The smallest absolute Gasteiger partial charge is 0.308 e. The van der Waals surface area contributed by atoms with Gasteiger partial charge in [0.1, 0.15) is 0 Å². The van der Waals surface area contributed by atoms with Crippen molar-refractivity contribution in [2.75, 3.05) is 6.54 Å². The Labute approximate surface area is 120 Å². The van der Waals surface area contributed by atoms with E-state index in [1.807, 2.05) is 0 Å². The van der Waals surface area contributed by atoms with E-state index in [1.165, 1.54) is 24.3 Å². The van der Waals surface area contributed by atoms with E-state index in [0.29, 0.717) is 5.02 Å². The van der Waals surface area contributed by atoms with Gasteiger partial charge >= 0.3 is 11.9 Å². The summed E-state index contributed by atoms with van der Waals surface area (Å²) in [5.74, 6) is -4.04. The van der Waals surface area contributed by atoms with Crippen LogP contribution in [0.1, 0.15) is 6.42 Å². The highest BCUT2D eigenvalue weighted by Gasteiger charge is 2.24. The maximum Gasteiger partial charge on any atom is 0.308 e. The van der Waals surface area contributed by atoms with Crippen LogP contribution in [0.2, 0.25) is 5.02 Å². The molecule has 0 aliphatic rings. The molecule has 0 spiro atoms. The highest BCUT2D eigenvalue weighted by molar-refractivity contribution is 7.89. The lowest BCUT2D eigenvalue weighted by Gasteiger charge is -2.11. The average molecular weight is 322 g/mol. The Morgan fingerprint density at radius 1 is 1.20 bits per heavy atom. The second-order valence-electron chi connectivity index (χ2n) is 3.94. The van der Waals surface area contributed by atoms with Crippen molar-refractivity contribution in [2.45, 2.75) is 11.3 Å². The van der Waals surface area contributed by atoms with Crippen molar-refractivity contribution >= 4 is 33.6 Å². The van der Waals surface area contributed by atoms with Crippen molar-refractivity contribution in [1.29, 1.82) is 0 Å². The van der Waals surface area contributed by atoms with E-state index in [2.05, 4.69) is 4.72 Å². The van der Waals surface area contributed by atoms with E-state index < -0.39 is 40.8 Å².